The van der Waals surface area contributed by atoms with E-state index in [1.54, 1.807) is 12.1 Å². The summed E-state index contributed by atoms with van der Waals surface area (Å²) < 4.78 is 5.84. The van der Waals surface area contributed by atoms with Crippen molar-refractivity contribution >= 4 is 5.97 Å². The van der Waals surface area contributed by atoms with Crippen LogP contribution in [-0.2, 0) is 6.42 Å². The van der Waals surface area contributed by atoms with Gasteiger partial charge in [-0.25, -0.2) is 4.79 Å². The Bertz CT molecular complexity index is 723. The zero-order valence-corrected chi connectivity index (χ0v) is 14.8. The van der Waals surface area contributed by atoms with Crippen LogP contribution in [0.3, 0.4) is 0 Å². The van der Waals surface area contributed by atoms with Crippen LogP contribution in [-0.4, -0.2) is 22.7 Å². The topological polar surface area (TPSA) is 59.4 Å². The summed E-state index contributed by atoms with van der Waals surface area (Å²) in [5, 5.41) is 9.39. The maximum absolute atomic E-state index is 11.4. The number of hydrogen-bond acceptors (Lipinski definition) is 3. The lowest BCUT2D eigenvalue weighted by atomic mass is 10.0. The highest BCUT2D eigenvalue weighted by atomic mass is 16.5. The zero-order valence-electron chi connectivity index (χ0n) is 14.8. The van der Waals surface area contributed by atoms with Crippen molar-refractivity contribution in [1.29, 1.82) is 0 Å². The molecule has 24 heavy (non-hydrogen) atoms. The summed E-state index contributed by atoms with van der Waals surface area (Å²) in [5.74, 6) is 0.184. The van der Waals surface area contributed by atoms with Crippen molar-refractivity contribution in [3.63, 3.8) is 0 Å². The van der Waals surface area contributed by atoms with Gasteiger partial charge in [-0.1, -0.05) is 32.4 Å². The van der Waals surface area contributed by atoms with E-state index in [4.69, 9.17) is 4.74 Å². The summed E-state index contributed by atoms with van der Waals surface area (Å²) >= 11 is 0. The largest absolute Gasteiger partial charge is 0.493 e. The number of carboxylic acid groups (broad SMARTS) is 1. The van der Waals surface area contributed by atoms with Crippen molar-refractivity contribution in [1.82, 2.24) is 4.98 Å². The maximum atomic E-state index is 11.4. The van der Waals surface area contributed by atoms with E-state index in [0.717, 1.165) is 29.0 Å². The summed E-state index contributed by atoms with van der Waals surface area (Å²) in [6.45, 7) is 8.84. The van der Waals surface area contributed by atoms with Crippen molar-refractivity contribution in [2.24, 2.45) is 5.92 Å². The number of aromatic nitrogens is 1. The predicted molar refractivity (Wildman–Crippen MR) is 95.7 cm³/mol. The molecule has 0 aliphatic carbocycles. The van der Waals surface area contributed by atoms with Crippen LogP contribution in [0, 0.1) is 12.8 Å². The summed E-state index contributed by atoms with van der Waals surface area (Å²) in [6, 6.07) is 9.41. The Morgan fingerprint density at radius 3 is 2.62 bits per heavy atom. The number of nitrogens with zero attached hydrogens (tertiary/aromatic N) is 1. The fourth-order valence-electron chi connectivity index (χ4n) is 2.57. The fraction of sp³-hybridized carbons (Fsp3) is 0.400. The number of benzene rings is 1. The van der Waals surface area contributed by atoms with Gasteiger partial charge in [0.25, 0.3) is 0 Å². The number of carbonyl (C=O) groups is 1. The van der Waals surface area contributed by atoms with Gasteiger partial charge in [-0.3, -0.25) is 4.98 Å². The zero-order chi connectivity index (χ0) is 17.7. The van der Waals surface area contributed by atoms with Crippen LogP contribution in [0.2, 0.25) is 0 Å². The number of rotatable bonds is 7. The third kappa shape index (κ3) is 4.34. The van der Waals surface area contributed by atoms with Gasteiger partial charge in [0.2, 0.25) is 0 Å². The highest BCUT2D eigenvalue weighted by molar-refractivity contribution is 5.89. The third-order valence-electron chi connectivity index (χ3n) is 3.68. The average Bonchev–Trinajstić information content (AvgIpc) is 2.52. The second-order valence-corrected chi connectivity index (χ2v) is 6.44. The Morgan fingerprint density at radius 2 is 2.00 bits per heavy atom. The molecule has 2 rings (SSSR count). The van der Waals surface area contributed by atoms with Crippen LogP contribution in [0.1, 0.15) is 48.8 Å². The Hall–Kier alpha value is -2.36. The van der Waals surface area contributed by atoms with Crippen LogP contribution >= 0.6 is 0 Å². The molecular weight excluding hydrogens is 302 g/mol. The minimum absolute atomic E-state index is 0.274. The van der Waals surface area contributed by atoms with E-state index in [-0.39, 0.29) is 5.56 Å². The molecule has 0 radical (unpaired) electrons. The quantitative estimate of drug-likeness (QED) is 0.798. The van der Waals surface area contributed by atoms with Gasteiger partial charge >= 0.3 is 5.97 Å². The van der Waals surface area contributed by atoms with Gasteiger partial charge in [0, 0.05) is 5.56 Å². The number of carboxylic acids is 1. The molecule has 4 nitrogen and oxygen atoms in total. The van der Waals surface area contributed by atoms with Crippen LogP contribution in [0.15, 0.2) is 30.3 Å². The van der Waals surface area contributed by atoms with E-state index in [9.17, 15) is 9.90 Å². The average molecular weight is 327 g/mol. The standard InChI is InChI=1S/C20H25NO3/c1-5-10-24-19-9-6-14(4)12-16(19)17-8-7-15(20(22)23)18(21-17)11-13(2)3/h6-9,12-13H,5,10-11H2,1-4H3,(H,22,23). The van der Waals surface area contributed by atoms with Gasteiger partial charge < -0.3 is 9.84 Å². The second-order valence-electron chi connectivity index (χ2n) is 6.44. The number of aromatic carboxylic acids is 1. The molecule has 1 N–H and O–H groups in total. The van der Waals surface area contributed by atoms with Crippen molar-refractivity contribution < 1.29 is 14.6 Å². The third-order valence-corrected chi connectivity index (χ3v) is 3.68. The molecule has 0 aliphatic rings. The Balaban J connectivity index is 2.52. The van der Waals surface area contributed by atoms with E-state index in [1.165, 1.54) is 0 Å². The van der Waals surface area contributed by atoms with Crippen molar-refractivity contribution in [3.05, 3.63) is 47.2 Å². The molecule has 0 saturated carbocycles. The molecule has 0 spiro atoms. The van der Waals surface area contributed by atoms with E-state index >= 15 is 0 Å². The van der Waals surface area contributed by atoms with Crippen LogP contribution < -0.4 is 4.74 Å². The van der Waals surface area contributed by atoms with Gasteiger partial charge in [0.15, 0.2) is 0 Å². The molecule has 0 bridgehead atoms. The normalized spacial score (nSPS) is 10.9. The summed E-state index contributed by atoms with van der Waals surface area (Å²) in [7, 11) is 0. The molecular formula is C20H25NO3. The summed E-state index contributed by atoms with van der Waals surface area (Å²) in [5.41, 5.74) is 3.67. The summed E-state index contributed by atoms with van der Waals surface area (Å²) in [6.07, 6.45) is 1.56. The molecule has 0 aliphatic heterocycles. The van der Waals surface area contributed by atoms with Gasteiger partial charge in [-0.05, 0) is 49.9 Å². The first kappa shape index (κ1) is 18.0. The van der Waals surface area contributed by atoms with Gasteiger partial charge in [0.05, 0.1) is 23.6 Å². The van der Waals surface area contributed by atoms with Crippen molar-refractivity contribution in [2.45, 2.75) is 40.5 Å². The summed E-state index contributed by atoms with van der Waals surface area (Å²) in [4.78, 5) is 16.1. The number of ether oxygens (including phenoxy) is 1. The molecule has 0 saturated heterocycles. The Morgan fingerprint density at radius 1 is 1.25 bits per heavy atom. The first-order valence-electron chi connectivity index (χ1n) is 8.39. The monoisotopic (exact) mass is 327 g/mol. The fourth-order valence-corrected chi connectivity index (χ4v) is 2.57. The van der Waals surface area contributed by atoms with Crippen molar-refractivity contribution in [2.75, 3.05) is 6.61 Å². The maximum Gasteiger partial charge on any atom is 0.337 e. The SMILES string of the molecule is CCCOc1ccc(C)cc1-c1ccc(C(=O)O)c(CC(C)C)n1. The Kier molecular flexibility index (Phi) is 5.96. The van der Waals surface area contributed by atoms with E-state index in [2.05, 4.69) is 25.8 Å². The first-order chi connectivity index (χ1) is 11.4. The molecule has 2 aromatic rings. The number of pyridine rings is 1. The minimum atomic E-state index is -0.934. The first-order valence-corrected chi connectivity index (χ1v) is 8.39. The lowest BCUT2D eigenvalue weighted by molar-refractivity contribution is 0.0695. The smallest absolute Gasteiger partial charge is 0.337 e. The molecule has 0 amide bonds. The molecule has 1 aromatic heterocycles. The molecule has 0 fully saturated rings. The number of hydrogen-bond donors (Lipinski definition) is 1. The van der Waals surface area contributed by atoms with Gasteiger partial charge in [0.1, 0.15) is 5.75 Å². The highest BCUT2D eigenvalue weighted by Gasteiger charge is 2.16. The highest BCUT2D eigenvalue weighted by Crippen LogP contribution is 2.31. The second kappa shape index (κ2) is 7.95. The predicted octanol–water partition coefficient (Wildman–Crippen LogP) is 4.74. The van der Waals surface area contributed by atoms with Crippen LogP contribution in [0.5, 0.6) is 5.75 Å². The van der Waals surface area contributed by atoms with E-state index < -0.39 is 5.97 Å². The molecule has 1 aromatic carbocycles. The van der Waals surface area contributed by atoms with Gasteiger partial charge in [-0.2, -0.15) is 0 Å². The molecule has 0 unspecified atom stereocenters. The van der Waals surface area contributed by atoms with Gasteiger partial charge in [-0.15, -0.1) is 0 Å². The number of aryl methyl sites for hydroxylation is 1. The van der Waals surface area contributed by atoms with E-state index in [1.807, 2.05) is 25.1 Å². The van der Waals surface area contributed by atoms with Crippen LogP contribution in [0.4, 0.5) is 0 Å². The minimum Gasteiger partial charge on any atom is -0.493 e. The van der Waals surface area contributed by atoms with Crippen LogP contribution in [0.25, 0.3) is 11.3 Å². The van der Waals surface area contributed by atoms with E-state index in [0.29, 0.717) is 24.6 Å². The molecule has 4 heteroatoms. The molecule has 0 atom stereocenters. The molecule has 1 heterocycles. The molecule has 128 valence electrons. The lowest BCUT2D eigenvalue weighted by Crippen LogP contribution is -2.09. The van der Waals surface area contributed by atoms with Crippen molar-refractivity contribution in [3.8, 4) is 17.0 Å². The Labute approximate surface area is 143 Å². The lowest BCUT2D eigenvalue weighted by Gasteiger charge is -2.14.